The summed E-state index contributed by atoms with van der Waals surface area (Å²) in [4.78, 5) is 4.40. The van der Waals surface area contributed by atoms with Gasteiger partial charge in [0.05, 0.1) is 6.04 Å². The summed E-state index contributed by atoms with van der Waals surface area (Å²) in [6.45, 7) is 2.50. The van der Waals surface area contributed by atoms with Crippen molar-refractivity contribution in [3.8, 4) is 0 Å². The van der Waals surface area contributed by atoms with Gasteiger partial charge in [-0.1, -0.05) is 31.2 Å². The second-order valence-electron chi connectivity index (χ2n) is 3.84. The highest BCUT2D eigenvalue weighted by molar-refractivity contribution is 5.24. The Kier molecular flexibility index (Phi) is 4.96. The summed E-state index contributed by atoms with van der Waals surface area (Å²) in [7, 11) is 0. The zero-order chi connectivity index (χ0) is 12.9. The van der Waals surface area contributed by atoms with Crippen molar-refractivity contribution in [1.29, 1.82) is 0 Å². The number of hydrogen-bond acceptors (Lipinski definition) is 2. The number of alkyl halides is 3. The van der Waals surface area contributed by atoms with Crippen LogP contribution in [0.15, 0.2) is 24.3 Å². The van der Waals surface area contributed by atoms with Gasteiger partial charge in [0.25, 0.3) is 0 Å². The van der Waals surface area contributed by atoms with Crippen molar-refractivity contribution < 1.29 is 18.0 Å². The summed E-state index contributed by atoms with van der Waals surface area (Å²) in [6.07, 6.45) is -3.37. The van der Waals surface area contributed by atoms with Crippen LogP contribution in [0.25, 0.3) is 0 Å². The number of nitrogens with one attached hydrogen (secondary N) is 1. The average Bonchev–Trinajstić information content (AvgIpc) is 2.27. The van der Waals surface area contributed by atoms with Crippen LogP contribution in [0.4, 0.5) is 13.2 Å². The Labute approximate surface area is 98.7 Å². The number of halogens is 3. The molecule has 1 aromatic carbocycles. The van der Waals surface area contributed by atoms with Crippen LogP contribution in [0, 0.1) is 0 Å². The van der Waals surface area contributed by atoms with Gasteiger partial charge in [-0.15, -0.1) is 0 Å². The molecule has 1 N–H and O–H groups in total. The molecule has 96 valence electrons. The summed E-state index contributed by atoms with van der Waals surface area (Å²) in [6, 6.07) is 7.40. The van der Waals surface area contributed by atoms with E-state index in [0.29, 0.717) is 0 Å². The molecule has 5 heteroatoms. The zero-order valence-electron chi connectivity index (χ0n) is 9.84. The first-order valence-electron chi connectivity index (χ1n) is 5.45. The molecule has 1 aromatic rings. The van der Waals surface area contributed by atoms with Crippen molar-refractivity contribution in [2.75, 3.05) is 6.61 Å². The monoisotopic (exact) mass is 247 g/mol. The van der Waals surface area contributed by atoms with Gasteiger partial charge in [0.15, 0.2) is 6.61 Å². The first kappa shape index (κ1) is 14.0. The summed E-state index contributed by atoms with van der Waals surface area (Å²) in [5.74, 6) is 0. The SMILES string of the molecule is CCc1ccc(C(C)NOCC(F)(F)F)cc1. The summed E-state index contributed by atoms with van der Waals surface area (Å²) in [5, 5.41) is 0. The molecule has 1 atom stereocenters. The predicted molar refractivity (Wildman–Crippen MR) is 59.4 cm³/mol. The molecule has 0 spiro atoms. The third-order valence-electron chi connectivity index (χ3n) is 2.38. The van der Waals surface area contributed by atoms with Gasteiger partial charge in [-0.25, -0.2) is 0 Å². The second kappa shape index (κ2) is 6.02. The van der Waals surface area contributed by atoms with E-state index in [4.69, 9.17) is 0 Å². The Bertz CT molecular complexity index is 335. The summed E-state index contributed by atoms with van der Waals surface area (Å²) < 4.78 is 35.5. The molecule has 0 heterocycles. The third-order valence-corrected chi connectivity index (χ3v) is 2.38. The average molecular weight is 247 g/mol. The number of hydroxylamine groups is 1. The van der Waals surface area contributed by atoms with Crippen LogP contribution in [0.3, 0.4) is 0 Å². The lowest BCUT2D eigenvalue weighted by atomic mass is 10.1. The van der Waals surface area contributed by atoms with E-state index in [2.05, 4.69) is 10.3 Å². The predicted octanol–water partition coefficient (Wildman–Crippen LogP) is 3.39. The fraction of sp³-hybridized carbons (Fsp3) is 0.500. The van der Waals surface area contributed by atoms with E-state index >= 15 is 0 Å². The fourth-order valence-electron chi connectivity index (χ4n) is 1.36. The minimum Gasteiger partial charge on any atom is -0.292 e. The molecule has 0 saturated carbocycles. The zero-order valence-corrected chi connectivity index (χ0v) is 9.84. The minimum absolute atomic E-state index is 0.275. The molecule has 0 aliphatic carbocycles. The van der Waals surface area contributed by atoms with Crippen molar-refractivity contribution in [1.82, 2.24) is 5.48 Å². The summed E-state index contributed by atoms with van der Waals surface area (Å²) in [5.41, 5.74) is 4.46. The highest BCUT2D eigenvalue weighted by atomic mass is 19.4. The van der Waals surface area contributed by atoms with E-state index in [1.165, 1.54) is 5.56 Å². The lowest BCUT2D eigenvalue weighted by Gasteiger charge is -2.15. The van der Waals surface area contributed by atoms with Crippen molar-refractivity contribution in [2.24, 2.45) is 0 Å². The van der Waals surface area contributed by atoms with Crippen LogP contribution in [-0.2, 0) is 11.3 Å². The molecule has 2 nitrogen and oxygen atoms in total. The quantitative estimate of drug-likeness (QED) is 0.805. The first-order valence-corrected chi connectivity index (χ1v) is 5.45. The first-order chi connectivity index (χ1) is 7.92. The number of hydrogen-bond donors (Lipinski definition) is 1. The topological polar surface area (TPSA) is 21.3 Å². The molecule has 1 rings (SSSR count). The van der Waals surface area contributed by atoms with Crippen LogP contribution in [-0.4, -0.2) is 12.8 Å². The molecule has 0 fully saturated rings. The molecular weight excluding hydrogens is 231 g/mol. The maximum atomic E-state index is 11.8. The standard InChI is InChI=1S/C12H16F3NO/c1-3-10-4-6-11(7-5-10)9(2)16-17-8-12(13,14)15/h4-7,9,16H,3,8H2,1-2H3. The van der Waals surface area contributed by atoms with Crippen LogP contribution >= 0.6 is 0 Å². The van der Waals surface area contributed by atoms with E-state index in [0.717, 1.165) is 12.0 Å². The maximum Gasteiger partial charge on any atom is 0.413 e. The van der Waals surface area contributed by atoms with E-state index in [9.17, 15) is 13.2 Å². The smallest absolute Gasteiger partial charge is 0.292 e. The van der Waals surface area contributed by atoms with Gasteiger partial charge in [0.2, 0.25) is 0 Å². The molecule has 0 aliphatic rings. The molecular formula is C12H16F3NO. The Morgan fingerprint density at radius 3 is 2.29 bits per heavy atom. The Balaban J connectivity index is 2.43. The van der Waals surface area contributed by atoms with E-state index < -0.39 is 12.8 Å². The molecule has 0 amide bonds. The number of rotatable bonds is 5. The van der Waals surface area contributed by atoms with Crippen molar-refractivity contribution in [3.05, 3.63) is 35.4 Å². The summed E-state index contributed by atoms with van der Waals surface area (Å²) >= 11 is 0. The highest BCUT2D eigenvalue weighted by Crippen LogP contribution is 2.16. The van der Waals surface area contributed by atoms with Crippen LogP contribution in [0.5, 0.6) is 0 Å². The van der Waals surface area contributed by atoms with Gasteiger partial charge in [0, 0.05) is 0 Å². The molecule has 0 aromatic heterocycles. The van der Waals surface area contributed by atoms with Crippen molar-refractivity contribution >= 4 is 0 Å². The second-order valence-corrected chi connectivity index (χ2v) is 3.84. The van der Waals surface area contributed by atoms with Gasteiger partial charge in [-0.3, -0.25) is 4.84 Å². The molecule has 17 heavy (non-hydrogen) atoms. The third kappa shape index (κ3) is 5.19. The van der Waals surface area contributed by atoms with Gasteiger partial charge in [-0.2, -0.15) is 18.7 Å². The van der Waals surface area contributed by atoms with Crippen LogP contribution < -0.4 is 5.48 Å². The maximum absolute atomic E-state index is 11.8. The Hall–Kier alpha value is -1.07. The lowest BCUT2D eigenvalue weighted by Crippen LogP contribution is -2.26. The van der Waals surface area contributed by atoms with E-state index in [1.807, 2.05) is 31.2 Å². The van der Waals surface area contributed by atoms with Gasteiger partial charge in [0.1, 0.15) is 0 Å². The number of aryl methyl sites for hydroxylation is 1. The molecule has 0 radical (unpaired) electrons. The normalized spacial score (nSPS) is 13.7. The lowest BCUT2D eigenvalue weighted by molar-refractivity contribution is -0.192. The molecule has 0 bridgehead atoms. The van der Waals surface area contributed by atoms with Gasteiger partial charge >= 0.3 is 6.18 Å². The Morgan fingerprint density at radius 1 is 1.24 bits per heavy atom. The Morgan fingerprint density at radius 2 is 1.82 bits per heavy atom. The molecule has 1 unspecified atom stereocenters. The number of benzene rings is 1. The fourth-order valence-corrected chi connectivity index (χ4v) is 1.36. The van der Waals surface area contributed by atoms with Gasteiger partial charge in [-0.05, 0) is 24.5 Å². The largest absolute Gasteiger partial charge is 0.413 e. The van der Waals surface area contributed by atoms with E-state index in [1.54, 1.807) is 6.92 Å². The van der Waals surface area contributed by atoms with Crippen molar-refractivity contribution in [2.45, 2.75) is 32.5 Å². The van der Waals surface area contributed by atoms with Crippen molar-refractivity contribution in [3.63, 3.8) is 0 Å². The minimum atomic E-state index is -4.31. The van der Waals surface area contributed by atoms with E-state index in [-0.39, 0.29) is 6.04 Å². The van der Waals surface area contributed by atoms with Crippen LogP contribution in [0.2, 0.25) is 0 Å². The van der Waals surface area contributed by atoms with Crippen LogP contribution in [0.1, 0.15) is 31.0 Å². The van der Waals surface area contributed by atoms with Gasteiger partial charge < -0.3 is 0 Å². The highest BCUT2D eigenvalue weighted by Gasteiger charge is 2.28. The molecule has 0 saturated heterocycles. The molecule has 0 aliphatic heterocycles.